The van der Waals surface area contributed by atoms with E-state index in [9.17, 15) is 4.79 Å². The molecule has 1 N–H and O–H groups in total. The van der Waals surface area contributed by atoms with Crippen molar-refractivity contribution in [2.75, 3.05) is 13.2 Å². The highest BCUT2D eigenvalue weighted by molar-refractivity contribution is 6.28. The van der Waals surface area contributed by atoms with Crippen molar-refractivity contribution in [3.8, 4) is 0 Å². The van der Waals surface area contributed by atoms with E-state index in [1.54, 1.807) is 13.0 Å². The van der Waals surface area contributed by atoms with Crippen LogP contribution in [0.25, 0.3) is 0 Å². The van der Waals surface area contributed by atoms with Crippen LogP contribution in [0.15, 0.2) is 6.07 Å². The number of aryl methyl sites for hydroxylation is 1. The summed E-state index contributed by atoms with van der Waals surface area (Å²) in [5.41, 5.74) is 0.748. The molecule has 2 rings (SSSR count). The summed E-state index contributed by atoms with van der Waals surface area (Å²) in [5.74, 6) is -0.216. The Bertz CT molecular complexity index is 438. The van der Waals surface area contributed by atoms with Gasteiger partial charge in [0.2, 0.25) is 5.28 Å². The molecule has 0 aromatic carbocycles. The first-order valence-electron chi connectivity index (χ1n) is 5.90. The smallest absolute Gasteiger partial charge is 0.270 e. The van der Waals surface area contributed by atoms with Gasteiger partial charge in [0.1, 0.15) is 5.69 Å². The molecule has 1 saturated heterocycles. The monoisotopic (exact) mass is 269 g/mol. The fraction of sp³-hybridized carbons (Fsp3) is 0.583. The molecule has 0 spiro atoms. The number of carbonyl (C=O) groups is 1. The number of carbonyl (C=O) groups excluding carboxylic acids is 1. The molecule has 0 unspecified atom stereocenters. The van der Waals surface area contributed by atoms with E-state index in [0.29, 0.717) is 24.6 Å². The van der Waals surface area contributed by atoms with Crippen LogP contribution in [-0.4, -0.2) is 34.6 Å². The van der Waals surface area contributed by atoms with Gasteiger partial charge in [0.25, 0.3) is 5.91 Å². The molecule has 98 valence electrons. The molecule has 1 aromatic rings. The van der Waals surface area contributed by atoms with Gasteiger partial charge in [0.05, 0.1) is 0 Å². The van der Waals surface area contributed by atoms with Gasteiger partial charge >= 0.3 is 0 Å². The van der Waals surface area contributed by atoms with E-state index in [1.807, 2.05) is 6.92 Å². The number of rotatable bonds is 2. The lowest BCUT2D eigenvalue weighted by Crippen LogP contribution is -2.49. The maximum absolute atomic E-state index is 12.1. The fourth-order valence-corrected chi connectivity index (χ4v) is 2.16. The average Bonchev–Trinajstić information content (AvgIpc) is 2.28. The average molecular weight is 270 g/mol. The van der Waals surface area contributed by atoms with Gasteiger partial charge in [-0.2, -0.15) is 0 Å². The predicted octanol–water partition coefficient (Wildman–Crippen LogP) is 1.74. The van der Waals surface area contributed by atoms with Gasteiger partial charge in [-0.3, -0.25) is 4.79 Å². The van der Waals surface area contributed by atoms with Gasteiger partial charge in [-0.1, -0.05) is 0 Å². The number of hydrogen-bond donors (Lipinski definition) is 1. The van der Waals surface area contributed by atoms with Crippen LogP contribution < -0.4 is 5.32 Å². The van der Waals surface area contributed by atoms with Crippen LogP contribution in [0.4, 0.5) is 0 Å². The van der Waals surface area contributed by atoms with Crippen molar-refractivity contribution in [2.45, 2.75) is 32.2 Å². The number of halogens is 1. The molecule has 1 aliphatic rings. The summed E-state index contributed by atoms with van der Waals surface area (Å²) in [7, 11) is 0. The summed E-state index contributed by atoms with van der Waals surface area (Å²) in [5, 5.41) is 3.09. The molecular weight excluding hydrogens is 254 g/mol. The Hall–Kier alpha value is -1.20. The van der Waals surface area contributed by atoms with E-state index in [2.05, 4.69) is 15.3 Å². The SMILES string of the molecule is Cc1cc(C(=O)NC2(C)CCOCC2)nc(Cl)n1. The molecule has 1 fully saturated rings. The van der Waals surface area contributed by atoms with E-state index in [0.717, 1.165) is 12.8 Å². The maximum Gasteiger partial charge on any atom is 0.270 e. The molecule has 1 aromatic heterocycles. The Labute approximate surface area is 111 Å². The zero-order valence-electron chi connectivity index (χ0n) is 10.5. The Morgan fingerprint density at radius 2 is 2.11 bits per heavy atom. The van der Waals surface area contributed by atoms with Crippen LogP contribution in [0.2, 0.25) is 5.28 Å². The number of amides is 1. The van der Waals surface area contributed by atoms with Gasteiger partial charge in [-0.15, -0.1) is 0 Å². The molecule has 0 radical (unpaired) electrons. The second-order valence-electron chi connectivity index (χ2n) is 4.79. The minimum Gasteiger partial charge on any atom is -0.381 e. The lowest BCUT2D eigenvalue weighted by atomic mass is 9.92. The van der Waals surface area contributed by atoms with Crippen LogP contribution in [0.3, 0.4) is 0 Å². The molecule has 6 heteroatoms. The molecule has 1 amide bonds. The first kappa shape index (κ1) is 13.2. The quantitative estimate of drug-likeness (QED) is 0.831. The Morgan fingerprint density at radius 1 is 1.44 bits per heavy atom. The van der Waals surface area contributed by atoms with Crippen molar-refractivity contribution < 1.29 is 9.53 Å². The number of hydrogen-bond acceptors (Lipinski definition) is 4. The van der Waals surface area contributed by atoms with Gasteiger partial charge in [0.15, 0.2) is 0 Å². The summed E-state index contributed by atoms with van der Waals surface area (Å²) in [4.78, 5) is 20.0. The van der Waals surface area contributed by atoms with Crippen molar-refractivity contribution in [1.29, 1.82) is 0 Å². The number of aromatic nitrogens is 2. The number of nitrogens with one attached hydrogen (secondary N) is 1. The van der Waals surface area contributed by atoms with Crippen molar-refractivity contribution in [1.82, 2.24) is 15.3 Å². The van der Waals surface area contributed by atoms with Crippen molar-refractivity contribution >= 4 is 17.5 Å². The molecule has 0 atom stereocenters. The Kier molecular flexibility index (Phi) is 3.82. The van der Waals surface area contributed by atoms with Gasteiger partial charge in [-0.25, -0.2) is 9.97 Å². The van der Waals surface area contributed by atoms with Crippen LogP contribution >= 0.6 is 11.6 Å². The molecule has 5 nitrogen and oxygen atoms in total. The topological polar surface area (TPSA) is 64.1 Å². The van der Waals surface area contributed by atoms with Crippen LogP contribution in [0.1, 0.15) is 35.9 Å². The van der Waals surface area contributed by atoms with Gasteiger partial charge in [-0.05, 0) is 44.4 Å². The van der Waals surface area contributed by atoms with E-state index in [-0.39, 0.29) is 16.7 Å². The summed E-state index contributed by atoms with van der Waals surface area (Å²) in [6.45, 7) is 5.13. The maximum atomic E-state index is 12.1. The summed E-state index contributed by atoms with van der Waals surface area (Å²) >= 11 is 5.75. The molecule has 2 heterocycles. The predicted molar refractivity (Wildman–Crippen MR) is 67.7 cm³/mol. The van der Waals surface area contributed by atoms with Gasteiger partial charge in [0, 0.05) is 24.4 Å². The zero-order chi connectivity index (χ0) is 13.2. The highest BCUT2D eigenvalue weighted by Gasteiger charge is 2.29. The van der Waals surface area contributed by atoms with E-state index in [1.165, 1.54) is 0 Å². The Balaban J connectivity index is 2.11. The number of ether oxygens (including phenoxy) is 1. The van der Waals surface area contributed by atoms with E-state index < -0.39 is 0 Å². The van der Waals surface area contributed by atoms with E-state index >= 15 is 0 Å². The van der Waals surface area contributed by atoms with Crippen LogP contribution in [0, 0.1) is 6.92 Å². The second kappa shape index (κ2) is 5.20. The summed E-state index contributed by atoms with van der Waals surface area (Å²) < 4.78 is 5.29. The first-order chi connectivity index (χ1) is 8.48. The molecule has 0 aliphatic carbocycles. The summed E-state index contributed by atoms with van der Waals surface area (Å²) in [6.07, 6.45) is 1.60. The third kappa shape index (κ3) is 3.17. The largest absolute Gasteiger partial charge is 0.381 e. The third-order valence-corrected chi connectivity index (χ3v) is 3.24. The van der Waals surface area contributed by atoms with Crippen molar-refractivity contribution in [3.05, 3.63) is 22.7 Å². The Morgan fingerprint density at radius 3 is 2.72 bits per heavy atom. The fourth-order valence-electron chi connectivity index (χ4n) is 1.93. The molecule has 0 saturated carbocycles. The summed E-state index contributed by atoms with van der Waals surface area (Å²) in [6, 6.07) is 1.63. The zero-order valence-corrected chi connectivity index (χ0v) is 11.3. The minimum atomic E-state index is -0.235. The molecular formula is C12H16ClN3O2. The second-order valence-corrected chi connectivity index (χ2v) is 5.13. The van der Waals surface area contributed by atoms with Crippen molar-refractivity contribution in [2.24, 2.45) is 0 Å². The van der Waals surface area contributed by atoms with Crippen LogP contribution in [-0.2, 0) is 4.74 Å². The molecule has 18 heavy (non-hydrogen) atoms. The normalized spacial score (nSPS) is 18.4. The highest BCUT2D eigenvalue weighted by Crippen LogP contribution is 2.20. The minimum absolute atomic E-state index is 0.0947. The van der Waals surface area contributed by atoms with Crippen molar-refractivity contribution in [3.63, 3.8) is 0 Å². The highest BCUT2D eigenvalue weighted by atomic mass is 35.5. The lowest BCUT2D eigenvalue weighted by Gasteiger charge is -2.34. The third-order valence-electron chi connectivity index (χ3n) is 3.07. The number of nitrogens with zero attached hydrogens (tertiary/aromatic N) is 2. The lowest BCUT2D eigenvalue weighted by molar-refractivity contribution is 0.0421. The van der Waals surface area contributed by atoms with Crippen LogP contribution in [0.5, 0.6) is 0 Å². The first-order valence-corrected chi connectivity index (χ1v) is 6.28. The standard InChI is InChI=1S/C12H16ClN3O2/c1-8-7-9(15-11(13)14-8)10(17)16-12(2)3-5-18-6-4-12/h7H,3-6H2,1-2H3,(H,16,17). The molecule has 1 aliphatic heterocycles. The molecule has 0 bridgehead atoms. The van der Waals surface area contributed by atoms with E-state index in [4.69, 9.17) is 16.3 Å². The van der Waals surface area contributed by atoms with Gasteiger partial charge < -0.3 is 10.1 Å².